The number of carbonyl (C=O) groups excluding carboxylic acids is 1. The van der Waals surface area contributed by atoms with Crippen LogP contribution in [0, 0.1) is 5.95 Å². The summed E-state index contributed by atoms with van der Waals surface area (Å²) in [7, 11) is 0. The van der Waals surface area contributed by atoms with Gasteiger partial charge in [0, 0.05) is 24.2 Å². The molecule has 2 N–H and O–H groups in total. The van der Waals surface area contributed by atoms with Crippen molar-refractivity contribution in [3.8, 4) is 0 Å². The number of anilines is 2. The molecule has 2 rings (SSSR count). The molecule has 2 aromatic heterocycles. The Morgan fingerprint density at radius 3 is 2.61 bits per heavy atom. The molecule has 5 nitrogen and oxygen atoms in total. The first-order valence-corrected chi connectivity index (χ1v) is 7.45. The lowest BCUT2D eigenvalue weighted by atomic mass is 10.0. The van der Waals surface area contributed by atoms with Crippen LogP contribution in [0.1, 0.15) is 43.1 Å². The lowest BCUT2D eigenvalue weighted by Crippen LogP contribution is -2.18. The van der Waals surface area contributed by atoms with Gasteiger partial charge in [-0.05, 0) is 26.0 Å². The second-order valence-corrected chi connectivity index (χ2v) is 5.95. The van der Waals surface area contributed by atoms with Crippen LogP contribution in [0.3, 0.4) is 0 Å². The molecule has 0 aliphatic heterocycles. The number of aromatic nitrogens is 2. The topological polar surface area (TPSA) is 75.1 Å². The summed E-state index contributed by atoms with van der Waals surface area (Å²) >= 11 is 6.06. The van der Waals surface area contributed by atoms with Crippen LogP contribution < -0.4 is 5.32 Å². The maximum absolute atomic E-state index is 13.9. The standard InChI is InChI=1S/C16H17ClFN3O2/c1-4-12(22)9-8-19-14(7-11(9)17)20-13-6-5-10(15(18)21-13)16(2,3)23/h5-8,23H,4H2,1-3H3,(H,19,20,21). The number of nitrogens with one attached hydrogen (secondary N) is 1. The lowest BCUT2D eigenvalue weighted by Gasteiger charge is -2.18. The molecular formula is C16H17ClFN3O2. The van der Waals surface area contributed by atoms with Crippen molar-refractivity contribution >= 4 is 29.0 Å². The highest BCUT2D eigenvalue weighted by molar-refractivity contribution is 6.34. The van der Waals surface area contributed by atoms with E-state index in [0.29, 0.717) is 17.8 Å². The number of carbonyl (C=O) groups is 1. The van der Waals surface area contributed by atoms with E-state index in [0.717, 1.165) is 0 Å². The summed E-state index contributed by atoms with van der Waals surface area (Å²) in [6, 6.07) is 4.45. The van der Waals surface area contributed by atoms with Crippen LogP contribution in [0.2, 0.25) is 5.02 Å². The normalized spacial score (nSPS) is 11.4. The van der Waals surface area contributed by atoms with E-state index in [1.54, 1.807) is 6.92 Å². The highest BCUT2D eigenvalue weighted by Gasteiger charge is 2.21. The van der Waals surface area contributed by atoms with Crippen molar-refractivity contribution in [3.05, 3.63) is 46.5 Å². The third kappa shape index (κ3) is 4.03. The Bertz CT molecular complexity index is 745. The van der Waals surface area contributed by atoms with Gasteiger partial charge in [0.05, 0.1) is 16.2 Å². The summed E-state index contributed by atoms with van der Waals surface area (Å²) in [4.78, 5) is 19.5. The number of rotatable bonds is 5. The Kier molecular flexibility index (Phi) is 4.97. The second kappa shape index (κ2) is 6.60. The van der Waals surface area contributed by atoms with Gasteiger partial charge in [0.15, 0.2) is 5.78 Å². The summed E-state index contributed by atoms with van der Waals surface area (Å²) in [6.07, 6.45) is 1.71. The number of aliphatic hydroxyl groups is 1. The fraction of sp³-hybridized carbons (Fsp3) is 0.312. The van der Waals surface area contributed by atoms with Gasteiger partial charge in [-0.2, -0.15) is 4.39 Å². The number of Topliss-reactive ketones (excluding diaryl/α,β-unsaturated/α-hetero) is 1. The van der Waals surface area contributed by atoms with Crippen molar-refractivity contribution in [1.82, 2.24) is 9.97 Å². The molecule has 0 radical (unpaired) electrons. The van der Waals surface area contributed by atoms with Crippen LogP contribution in [0.4, 0.5) is 16.0 Å². The smallest absolute Gasteiger partial charge is 0.220 e. The zero-order valence-electron chi connectivity index (χ0n) is 13.0. The molecule has 23 heavy (non-hydrogen) atoms. The van der Waals surface area contributed by atoms with Gasteiger partial charge in [0.25, 0.3) is 0 Å². The summed E-state index contributed by atoms with van der Waals surface area (Å²) in [5.74, 6) is -0.321. The monoisotopic (exact) mass is 337 g/mol. The quantitative estimate of drug-likeness (QED) is 0.640. The molecule has 7 heteroatoms. The summed E-state index contributed by atoms with van der Waals surface area (Å²) in [5.41, 5.74) is -0.881. The van der Waals surface area contributed by atoms with Crippen molar-refractivity contribution in [1.29, 1.82) is 0 Å². The largest absolute Gasteiger partial charge is 0.386 e. The van der Waals surface area contributed by atoms with Gasteiger partial charge in [-0.15, -0.1) is 0 Å². The van der Waals surface area contributed by atoms with Crippen LogP contribution in [-0.4, -0.2) is 20.9 Å². The lowest BCUT2D eigenvalue weighted by molar-refractivity contribution is 0.0737. The van der Waals surface area contributed by atoms with E-state index in [-0.39, 0.29) is 22.2 Å². The minimum atomic E-state index is -1.32. The molecule has 0 amide bonds. The molecule has 0 unspecified atom stereocenters. The average Bonchev–Trinajstić information content (AvgIpc) is 2.45. The Morgan fingerprint density at radius 2 is 2.09 bits per heavy atom. The Hall–Kier alpha value is -2.05. The third-order valence-corrected chi connectivity index (χ3v) is 3.55. The summed E-state index contributed by atoms with van der Waals surface area (Å²) in [6.45, 7) is 4.69. The van der Waals surface area contributed by atoms with Gasteiger partial charge in [0.2, 0.25) is 5.95 Å². The van der Waals surface area contributed by atoms with E-state index >= 15 is 0 Å². The first-order chi connectivity index (χ1) is 10.7. The SMILES string of the molecule is CCC(=O)c1cnc(Nc2ccc(C(C)(C)O)c(F)n2)cc1Cl. The molecule has 0 spiro atoms. The van der Waals surface area contributed by atoms with Crippen LogP contribution >= 0.6 is 11.6 Å². The molecule has 0 aliphatic carbocycles. The minimum Gasteiger partial charge on any atom is -0.386 e. The Balaban J connectivity index is 2.25. The van der Waals surface area contributed by atoms with Crippen LogP contribution in [-0.2, 0) is 5.60 Å². The van der Waals surface area contributed by atoms with Gasteiger partial charge in [0.1, 0.15) is 11.6 Å². The molecule has 2 heterocycles. The predicted molar refractivity (Wildman–Crippen MR) is 86.6 cm³/mol. The van der Waals surface area contributed by atoms with Crippen molar-refractivity contribution in [3.63, 3.8) is 0 Å². The highest BCUT2D eigenvalue weighted by Crippen LogP contribution is 2.25. The molecule has 0 bridgehead atoms. The first-order valence-electron chi connectivity index (χ1n) is 7.07. The highest BCUT2D eigenvalue weighted by atomic mass is 35.5. The molecule has 122 valence electrons. The van der Waals surface area contributed by atoms with Crippen LogP contribution in [0.25, 0.3) is 0 Å². The number of halogens is 2. The number of ketones is 1. The molecule has 0 saturated heterocycles. The second-order valence-electron chi connectivity index (χ2n) is 5.54. The van der Waals surface area contributed by atoms with Crippen molar-refractivity contribution in [2.75, 3.05) is 5.32 Å². The van der Waals surface area contributed by atoms with Crippen molar-refractivity contribution in [2.45, 2.75) is 32.8 Å². The fourth-order valence-corrected chi connectivity index (χ4v) is 2.24. The number of pyridine rings is 2. The average molecular weight is 338 g/mol. The Morgan fingerprint density at radius 1 is 1.39 bits per heavy atom. The Labute approximate surface area is 138 Å². The fourth-order valence-electron chi connectivity index (χ4n) is 1.99. The molecule has 0 atom stereocenters. The molecule has 0 saturated carbocycles. The molecular weight excluding hydrogens is 321 g/mol. The van der Waals surface area contributed by atoms with Gasteiger partial charge in [-0.1, -0.05) is 18.5 Å². The van der Waals surface area contributed by atoms with Crippen molar-refractivity contribution in [2.24, 2.45) is 0 Å². The number of hydrogen-bond acceptors (Lipinski definition) is 5. The van der Waals surface area contributed by atoms with Gasteiger partial charge < -0.3 is 10.4 Å². The van der Waals surface area contributed by atoms with Gasteiger partial charge >= 0.3 is 0 Å². The maximum atomic E-state index is 13.9. The summed E-state index contributed by atoms with van der Waals surface area (Å²) in [5, 5.41) is 12.9. The number of nitrogens with zero attached hydrogens (tertiary/aromatic N) is 2. The molecule has 0 aromatic carbocycles. The van der Waals surface area contributed by atoms with E-state index in [2.05, 4.69) is 15.3 Å². The van der Waals surface area contributed by atoms with E-state index in [1.165, 1.54) is 38.2 Å². The third-order valence-electron chi connectivity index (χ3n) is 3.24. The van der Waals surface area contributed by atoms with Crippen LogP contribution in [0.15, 0.2) is 24.4 Å². The first kappa shape index (κ1) is 17.3. The summed E-state index contributed by atoms with van der Waals surface area (Å²) < 4.78 is 13.9. The van der Waals surface area contributed by atoms with E-state index in [4.69, 9.17) is 11.6 Å². The maximum Gasteiger partial charge on any atom is 0.220 e. The minimum absolute atomic E-state index is 0.0953. The molecule has 0 aliphatic rings. The van der Waals surface area contributed by atoms with E-state index < -0.39 is 11.5 Å². The van der Waals surface area contributed by atoms with Gasteiger partial charge in [-0.3, -0.25) is 4.79 Å². The molecule has 0 fully saturated rings. The van der Waals surface area contributed by atoms with Gasteiger partial charge in [-0.25, -0.2) is 9.97 Å². The van der Waals surface area contributed by atoms with E-state index in [1.807, 2.05) is 0 Å². The zero-order chi connectivity index (χ0) is 17.2. The van der Waals surface area contributed by atoms with E-state index in [9.17, 15) is 14.3 Å². The van der Waals surface area contributed by atoms with Crippen molar-refractivity contribution < 1.29 is 14.3 Å². The molecule has 2 aromatic rings. The predicted octanol–water partition coefficient (Wildman–Crippen LogP) is 3.83. The zero-order valence-corrected chi connectivity index (χ0v) is 13.8. The number of hydrogen-bond donors (Lipinski definition) is 2. The van der Waals surface area contributed by atoms with Crippen LogP contribution in [0.5, 0.6) is 0 Å².